The second-order valence-corrected chi connectivity index (χ2v) is 4.58. The lowest BCUT2D eigenvalue weighted by atomic mass is 10.0. The zero-order valence-corrected chi connectivity index (χ0v) is 10.2. The molecule has 3 rings (SSSR count). The molecule has 0 aliphatic heterocycles. The van der Waals surface area contributed by atoms with Gasteiger partial charge < -0.3 is 4.98 Å². The normalized spacial score (nSPS) is 11.0. The minimum Gasteiger partial charge on any atom is -0.358 e. The highest BCUT2D eigenvalue weighted by atomic mass is 19.1. The van der Waals surface area contributed by atoms with Crippen molar-refractivity contribution in [1.29, 1.82) is 0 Å². The summed E-state index contributed by atoms with van der Waals surface area (Å²) in [6.45, 7) is 2.04. The molecule has 0 spiro atoms. The van der Waals surface area contributed by atoms with Crippen molar-refractivity contribution in [2.75, 3.05) is 0 Å². The lowest BCUT2D eigenvalue weighted by Crippen LogP contribution is -1.89. The summed E-state index contributed by atoms with van der Waals surface area (Å²) in [5, 5.41) is 0.983. The van der Waals surface area contributed by atoms with Crippen LogP contribution in [0.15, 0.2) is 48.5 Å². The molecule has 0 amide bonds. The molecule has 3 aromatic rings. The van der Waals surface area contributed by atoms with E-state index in [1.807, 2.05) is 25.1 Å². The highest BCUT2D eigenvalue weighted by Gasteiger charge is 2.09. The summed E-state index contributed by atoms with van der Waals surface area (Å²) in [5.41, 5.74) is 4.53. The molecular formula is C16H14FN. The van der Waals surface area contributed by atoms with Crippen LogP contribution in [-0.2, 0) is 6.42 Å². The molecule has 2 aromatic carbocycles. The van der Waals surface area contributed by atoms with Crippen molar-refractivity contribution >= 4 is 10.9 Å². The number of aromatic amines is 1. The van der Waals surface area contributed by atoms with Gasteiger partial charge in [0, 0.05) is 16.6 Å². The fraction of sp³-hybridized carbons (Fsp3) is 0.125. The predicted octanol–water partition coefficient (Wildman–Crippen LogP) is 4.21. The molecule has 0 fully saturated rings. The smallest absolute Gasteiger partial charge is 0.123 e. The van der Waals surface area contributed by atoms with Gasteiger partial charge in [0.1, 0.15) is 5.82 Å². The van der Waals surface area contributed by atoms with Gasteiger partial charge >= 0.3 is 0 Å². The second-order valence-electron chi connectivity index (χ2n) is 4.58. The van der Waals surface area contributed by atoms with E-state index in [2.05, 4.69) is 17.1 Å². The molecule has 90 valence electrons. The van der Waals surface area contributed by atoms with Crippen LogP contribution in [0, 0.1) is 12.7 Å². The summed E-state index contributed by atoms with van der Waals surface area (Å²) in [5.74, 6) is -0.184. The van der Waals surface area contributed by atoms with E-state index in [1.54, 1.807) is 12.1 Å². The van der Waals surface area contributed by atoms with Crippen LogP contribution in [0.3, 0.4) is 0 Å². The van der Waals surface area contributed by atoms with Crippen molar-refractivity contribution in [2.24, 2.45) is 0 Å². The number of fused-ring (bicyclic) bond motifs is 1. The van der Waals surface area contributed by atoms with Gasteiger partial charge in [0.2, 0.25) is 0 Å². The second kappa shape index (κ2) is 4.30. The molecule has 1 heterocycles. The molecule has 0 atom stereocenters. The van der Waals surface area contributed by atoms with Crippen molar-refractivity contribution < 1.29 is 4.39 Å². The van der Waals surface area contributed by atoms with E-state index in [4.69, 9.17) is 0 Å². The number of hydrogen-bond acceptors (Lipinski definition) is 0. The summed E-state index contributed by atoms with van der Waals surface area (Å²) in [4.78, 5) is 3.31. The van der Waals surface area contributed by atoms with E-state index in [0.717, 1.165) is 23.0 Å². The number of aromatic nitrogens is 1. The largest absolute Gasteiger partial charge is 0.358 e. The molecule has 0 saturated carbocycles. The molecule has 18 heavy (non-hydrogen) atoms. The first-order chi connectivity index (χ1) is 8.74. The van der Waals surface area contributed by atoms with Crippen molar-refractivity contribution in [3.63, 3.8) is 0 Å². The van der Waals surface area contributed by atoms with Crippen LogP contribution in [0.5, 0.6) is 0 Å². The van der Waals surface area contributed by atoms with Gasteiger partial charge in [-0.15, -0.1) is 0 Å². The van der Waals surface area contributed by atoms with Gasteiger partial charge in [0.05, 0.1) is 0 Å². The van der Waals surface area contributed by atoms with Gasteiger partial charge in [-0.05, 0) is 42.7 Å². The molecular weight excluding hydrogens is 225 g/mol. The number of nitrogens with one attached hydrogen (secondary N) is 1. The fourth-order valence-electron chi connectivity index (χ4n) is 2.38. The van der Waals surface area contributed by atoms with Crippen LogP contribution < -0.4 is 0 Å². The Labute approximate surface area is 105 Å². The van der Waals surface area contributed by atoms with Crippen molar-refractivity contribution in [3.05, 3.63) is 71.2 Å². The zero-order chi connectivity index (χ0) is 12.5. The fourth-order valence-corrected chi connectivity index (χ4v) is 2.38. The number of halogens is 1. The number of aryl methyl sites for hydroxylation is 1. The van der Waals surface area contributed by atoms with E-state index in [-0.39, 0.29) is 5.82 Å². The Morgan fingerprint density at radius 3 is 2.61 bits per heavy atom. The van der Waals surface area contributed by atoms with Crippen LogP contribution in [0.2, 0.25) is 0 Å². The Bertz CT molecular complexity index is 683. The highest BCUT2D eigenvalue weighted by Crippen LogP contribution is 2.25. The standard InChI is InChI=1S/C16H14FN/c1-11-14(9-12-5-3-2-4-6-12)15-10-13(17)7-8-16(15)18-11/h2-8,10,18H,9H2,1H3. The minimum atomic E-state index is -0.184. The van der Waals surface area contributed by atoms with Gasteiger partial charge in [-0.3, -0.25) is 0 Å². The highest BCUT2D eigenvalue weighted by molar-refractivity contribution is 5.85. The molecule has 1 N–H and O–H groups in total. The number of rotatable bonds is 2. The topological polar surface area (TPSA) is 15.8 Å². The molecule has 0 unspecified atom stereocenters. The monoisotopic (exact) mass is 239 g/mol. The number of hydrogen-bond donors (Lipinski definition) is 1. The van der Waals surface area contributed by atoms with E-state index in [1.165, 1.54) is 17.2 Å². The third-order valence-electron chi connectivity index (χ3n) is 3.31. The molecule has 2 heteroatoms. The van der Waals surface area contributed by atoms with E-state index in [9.17, 15) is 4.39 Å². The average Bonchev–Trinajstić information content (AvgIpc) is 2.67. The molecule has 0 radical (unpaired) electrons. The van der Waals surface area contributed by atoms with Crippen molar-refractivity contribution in [3.8, 4) is 0 Å². The van der Waals surface area contributed by atoms with Crippen LogP contribution >= 0.6 is 0 Å². The molecule has 0 bridgehead atoms. The third-order valence-corrected chi connectivity index (χ3v) is 3.31. The maximum absolute atomic E-state index is 13.4. The summed E-state index contributed by atoms with van der Waals surface area (Å²) in [6, 6.07) is 15.1. The summed E-state index contributed by atoms with van der Waals surface area (Å²) in [7, 11) is 0. The maximum atomic E-state index is 13.4. The van der Waals surface area contributed by atoms with Crippen LogP contribution in [0.1, 0.15) is 16.8 Å². The molecule has 0 aliphatic rings. The lowest BCUT2D eigenvalue weighted by Gasteiger charge is -2.02. The van der Waals surface area contributed by atoms with Crippen molar-refractivity contribution in [2.45, 2.75) is 13.3 Å². The van der Waals surface area contributed by atoms with Gasteiger partial charge in [0.15, 0.2) is 0 Å². The summed E-state index contributed by atoms with van der Waals surface area (Å²) >= 11 is 0. The molecule has 0 aliphatic carbocycles. The number of H-pyrrole nitrogens is 1. The first-order valence-electron chi connectivity index (χ1n) is 6.04. The van der Waals surface area contributed by atoms with Crippen molar-refractivity contribution in [1.82, 2.24) is 4.98 Å². The Morgan fingerprint density at radius 2 is 1.83 bits per heavy atom. The van der Waals surface area contributed by atoms with Gasteiger partial charge in [-0.1, -0.05) is 30.3 Å². The number of benzene rings is 2. The first-order valence-corrected chi connectivity index (χ1v) is 6.04. The van der Waals surface area contributed by atoms with Gasteiger partial charge in [-0.25, -0.2) is 4.39 Å². The summed E-state index contributed by atoms with van der Waals surface area (Å²) < 4.78 is 13.4. The van der Waals surface area contributed by atoms with Gasteiger partial charge in [0.25, 0.3) is 0 Å². The molecule has 1 aromatic heterocycles. The van der Waals surface area contributed by atoms with E-state index < -0.39 is 0 Å². The maximum Gasteiger partial charge on any atom is 0.123 e. The lowest BCUT2D eigenvalue weighted by molar-refractivity contribution is 0.629. The first kappa shape index (κ1) is 11.0. The Hall–Kier alpha value is -2.09. The SMILES string of the molecule is Cc1[nH]c2ccc(F)cc2c1Cc1ccccc1. The van der Waals surface area contributed by atoms with E-state index in [0.29, 0.717) is 0 Å². The Morgan fingerprint density at radius 1 is 1.06 bits per heavy atom. The Kier molecular flexibility index (Phi) is 2.63. The van der Waals surface area contributed by atoms with Crippen LogP contribution in [0.4, 0.5) is 4.39 Å². The molecule has 1 nitrogen and oxygen atoms in total. The predicted molar refractivity (Wildman–Crippen MR) is 72.2 cm³/mol. The average molecular weight is 239 g/mol. The quantitative estimate of drug-likeness (QED) is 0.689. The molecule has 0 saturated heterocycles. The van der Waals surface area contributed by atoms with E-state index >= 15 is 0 Å². The van der Waals surface area contributed by atoms with Crippen LogP contribution in [-0.4, -0.2) is 4.98 Å². The minimum absolute atomic E-state index is 0.184. The Balaban J connectivity index is 2.11. The summed E-state index contributed by atoms with van der Waals surface area (Å²) in [6.07, 6.45) is 0.829. The van der Waals surface area contributed by atoms with Gasteiger partial charge in [-0.2, -0.15) is 0 Å². The zero-order valence-electron chi connectivity index (χ0n) is 10.2. The third kappa shape index (κ3) is 1.90. The van der Waals surface area contributed by atoms with Crippen LogP contribution in [0.25, 0.3) is 10.9 Å².